The van der Waals surface area contributed by atoms with E-state index in [0.29, 0.717) is 5.92 Å². The zero-order valence-electron chi connectivity index (χ0n) is 6.26. The summed E-state index contributed by atoms with van der Waals surface area (Å²) < 4.78 is 0. The van der Waals surface area contributed by atoms with Gasteiger partial charge in [0, 0.05) is 0 Å². The van der Waals surface area contributed by atoms with E-state index in [-0.39, 0.29) is 5.37 Å². The lowest BCUT2D eigenvalue weighted by molar-refractivity contribution is 0.606. The molecule has 9 heavy (non-hydrogen) atoms. The molecule has 0 aliphatic carbocycles. The number of thiol groups is 1. The summed E-state index contributed by atoms with van der Waals surface area (Å²) >= 11 is 4.30. The summed E-state index contributed by atoms with van der Waals surface area (Å²) in [4.78, 5) is 0. The van der Waals surface area contributed by atoms with Crippen molar-refractivity contribution in [2.24, 2.45) is 5.92 Å². The van der Waals surface area contributed by atoms with E-state index < -0.39 is 0 Å². The maximum Gasteiger partial charge on any atom is 0.0560 e. The summed E-state index contributed by atoms with van der Waals surface area (Å²) in [7, 11) is 1.91. The second kappa shape index (κ2) is 4.89. The van der Waals surface area contributed by atoms with Gasteiger partial charge in [-0.15, -0.1) is 0 Å². The van der Waals surface area contributed by atoms with Crippen LogP contribution in [-0.4, -0.2) is 12.4 Å². The molecule has 0 saturated carbocycles. The van der Waals surface area contributed by atoms with E-state index in [2.05, 4.69) is 30.9 Å². The minimum Gasteiger partial charge on any atom is -0.308 e. The Hall–Kier alpha value is 0.0500. The molecule has 54 valence electrons. The van der Waals surface area contributed by atoms with Gasteiger partial charge in [-0.25, -0.2) is 0 Å². The number of hydrogen-bond acceptors (Lipinski definition) is 2. The number of nitrogens with one attached hydrogen (secondary N) is 1. The fourth-order valence-electron chi connectivity index (χ4n) is 0.672. The summed E-state index contributed by atoms with van der Waals surface area (Å²) in [6, 6.07) is 0. The van der Waals surface area contributed by atoms with Gasteiger partial charge in [-0.1, -0.05) is 19.1 Å². The highest BCUT2D eigenvalue weighted by Gasteiger charge is 2.04. The quantitative estimate of drug-likeness (QED) is 0.350. The van der Waals surface area contributed by atoms with Crippen LogP contribution in [0.15, 0.2) is 12.2 Å². The lowest BCUT2D eigenvalue weighted by Crippen LogP contribution is -2.24. The molecule has 0 spiro atoms. The Bertz CT molecular complexity index is 90.9. The van der Waals surface area contributed by atoms with E-state index in [1.165, 1.54) is 0 Å². The van der Waals surface area contributed by atoms with Crippen molar-refractivity contribution < 1.29 is 0 Å². The number of allylic oxidation sites excluding steroid dienone is 1. The first kappa shape index (κ1) is 9.05. The van der Waals surface area contributed by atoms with E-state index in [4.69, 9.17) is 0 Å². The third-order valence-corrected chi connectivity index (χ3v) is 2.02. The fraction of sp³-hybridized carbons (Fsp3) is 0.714. The zero-order valence-corrected chi connectivity index (χ0v) is 7.15. The first-order valence-corrected chi connectivity index (χ1v) is 3.72. The molecular weight excluding hydrogens is 130 g/mol. The summed E-state index contributed by atoms with van der Waals surface area (Å²) in [6.07, 6.45) is 4.18. The Balaban J connectivity index is 3.58. The molecular formula is C7H15NS. The first-order chi connectivity index (χ1) is 4.22. The Kier molecular flexibility index (Phi) is 4.91. The average molecular weight is 145 g/mol. The van der Waals surface area contributed by atoms with Crippen LogP contribution in [0.5, 0.6) is 0 Å². The van der Waals surface area contributed by atoms with Crippen molar-refractivity contribution in [1.29, 1.82) is 0 Å². The number of hydrogen-bond donors (Lipinski definition) is 2. The first-order valence-electron chi connectivity index (χ1n) is 3.20. The van der Waals surface area contributed by atoms with Crippen molar-refractivity contribution in [3.8, 4) is 0 Å². The van der Waals surface area contributed by atoms with Crippen LogP contribution >= 0.6 is 12.6 Å². The van der Waals surface area contributed by atoms with Gasteiger partial charge in [-0.05, 0) is 19.9 Å². The van der Waals surface area contributed by atoms with Crippen LogP contribution < -0.4 is 5.32 Å². The Labute approximate surface area is 62.9 Å². The van der Waals surface area contributed by atoms with Crippen molar-refractivity contribution in [2.45, 2.75) is 19.2 Å². The monoisotopic (exact) mass is 145 g/mol. The van der Waals surface area contributed by atoms with Crippen LogP contribution in [0, 0.1) is 5.92 Å². The smallest absolute Gasteiger partial charge is 0.0560 e. The average Bonchev–Trinajstić information content (AvgIpc) is 1.87. The van der Waals surface area contributed by atoms with Crippen LogP contribution in [0.25, 0.3) is 0 Å². The minimum atomic E-state index is 0.279. The largest absolute Gasteiger partial charge is 0.308 e. The van der Waals surface area contributed by atoms with Crippen molar-refractivity contribution in [3.63, 3.8) is 0 Å². The molecule has 0 saturated heterocycles. The molecule has 0 radical (unpaired) electrons. The lowest BCUT2D eigenvalue weighted by atomic mass is 10.1. The second-order valence-corrected chi connectivity index (χ2v) is 2.67. The minimum absolute atomic E-state index is 0.279. The molecule has 2 unspecified atom stereocenters. The van der Waals surface area contributed by atoms with E-state index in [1.807, 2.05) is 20.0 Å². The highest BCUT2D eigenvalue weighted by molar-refractivity contribution is 7.80. The highest BCUT2D eigenvalue weighted by atomic mass is 32.1. The van der Waals surface area contributed by atoms with Gasteiger partial charge in [0.25, 0.3) is 0 Å². The van der Waals surface area contributed by atoms with Crippen LogP contribution in [0.4, 0.5) is 0 Å². The Morgan fingerprint density at radius 1 is 1.56 bits per heavy atom. The molecule has 1 N–H and O–H groups in total. The highest BCUT2D eigenvalue weighted by Crippen LogP contribution is 2.06. The molecule has 0 aromatic rings. The molecule has 0 aromatic heterocycles. The predicted octanol–water partition coefficient (Wildman–Crippen LogP) is 1.67. The Morgan fingerprint density at radius 3 is 2.44 bits per heavy atom. The predicted molar refractivity (Wildman–Crippen MR) is 45.8 cm³/mol. The topological polar surface area (TPSA) is 12.0 Å². The van der Waals surface area contributed by atoms with Crippen LogP contribution in [-0.2, 0) is 0 Å². The van der Waals surface area contributed by atoms with Gasteiger partial charge in [0.05, 0.1) is 5.37 Å². The third-order valence-electron chi connectivity index (χ3n) is 1.29. The molecule has 0 heterocycles. The van der Waals surface area contributed by atoms with Crippen molar-refractivity contribution in [2.75, 3.05) is 7.05 Å². The summed E-state index contributed by atoms with van der Waals surface area (Å²) in [6.45, 7) is 4.15. The summed E-state index contributed by atoms with van der Waals surface area (Å²) in [5, 5.41) is 3.34. The van der Waals surface area contributed by atoms with Crippen LogP contribution in [0.3, 0.4) is 0 Å². The van der Waals surface area contributed by atoms with Gasteiger partial charge >= 0.3 is 0 Å². The standard InChI is InChI=1S/C7H15NS/c1-4-5-6(2)7(9)8-3/h4-9H,1-3H3. The van der Waals surface area contributed by atoms with Crippen LogP contribution in [0.2, 0.25) is 0 Å². The van der Waals surface area contributed by atoms with E-state index in [9.17, 15) is 0 Å². The second-order valence-electron chi connectivity index (χ2n) is 2.12. The molecule has 0 aliphatic rings. The van der Waals surface area contributed by atoms with Gasteiger partial charge in [0.15, 0.2) is 0 Å². The zero-order chi connectivity index (χ0) is 7.28. The molecule has 0 bridgehead atoms. The maximum atomic E-state index is 4.30. The van der Waals surface area contributed by atoms with Crippen molar-refractivity contribution in [1.82, 2.24) is 5.32 Å². The molecule has 0 aromatic carbocycles. The van der Waals surface area contributed by atoms with Crippen molar-refractivity contribution >= 4 is 12.6 Å². The third kappa shape index (κ3) is 3.60. The van der Waals surface area contributed by atoms with Gasteiger partial charge in [0.2, 0.25) is 0 Å². The SMILES string of the molecule is CC=CC(C)C(S)NC. The summed E-state index contributed by atoms with van der Waals surface area (Å²) in [5.41, 5.74) is 0. The van der Waals surface area contributed by atoms with Crippen LogP contribution in [0.1, 0.15) is 13.8 Å². The molecule has 0 amide bonds. The van der Waals surface area contributed by atoms with Gasteiger partial charge in [-0.2, -0.15) is 12.6 Å². The molecule has 0 aliphatic heterocycles. The molecule has 0 rings (SSSR count). The molecule has 0 fully saturated rings. The normalized spacial score (nSPS) is 18.2. The summed E-state index contributed by atoms with van der Waals surface area (Å²) in [5.74, 6) is 0.503. The number of rotatable bonds is 3. The van der Waals surface area contributed by atoms with E-state index in [1.54, 1.807) is 0 Å². The fourth-order valence-corrected chi connectivity index (χ4v) is 0.771. The van der Waals surface area contributed by atoms with E-state index in [0.717, 1.165) is 0 Å². The molecule has 2 atom stereocenters. The van der Waals surface area contributed by atoms with Gasteiger partial charge < -0.3 is 5.32 Å². The molecule has 2 heteroatoms. The lowest BCUT2D eigenvalue weighted by Gasteiger charge is -2.13. The molecule has 1 nitrogen and oxygen atoms in total. The van der Waals surface area contributed by atoms with Crippen molar-refractivity contribution in [3.05, 3.63) is 12.2 Å². The van der Waals surface area contributed by atoms with Gasteiger partial charge in [-0.3, -0.25) is 0 Å². The maximum absolute atomic E-state index is 4.30. The Morgan fingerprint density at radius 2 is 2.11 bits per heavy atom. The van der Waals surface area contributed by atoms with Gasteiger partial charge in [0.1, 0.15) is 0 Å². The van der Waals surface area contributed by atoms with E-state index >= 15 is 0 Å².